The van der Waals surface area contributed by atoms with E-state index in [4.69, 9.17) is 16.2 Å². The van der Waals surface area contributed by atoms with Crippen LogP contribution in [0.5, 0.6) is 0 Å². The smallest absolute Gasteiger partial charge is 0.117 e. The Hall–Kier alpha value is -0.160. The Balaban J connectivity index is 0. The summed E-state index contributed by atoms with van der Waals surface area (Å²) >= 11 is 0. The number of rotatable bonds is 3. The molecule has 0 heterocycles. The van der Waals surface area contributed by atoms with Crippen LogP contribution in [-0.4, -0.2) is 19.4 Å². The van der Waals surface area contributed by atoms with Crippen LogP contribution in [0.3, 0.4) is 0 Å². The highest BCUT2D eigenvalue weighted by Gasteiger charge is 1.92. The average molecular weight is 121 g/mol. The fourth-order valence-electron chi connectivity index (χ4n) is 0.282. The zero-order chi connectivity index (χ0) is 5.70. The molecular weight excluding hydrogens is 106 g/mol. The van der Waals surface area contributed by atoms with Crippen LogP contribution in [0.4, 0.5) is 0 Å². The van der Waals surface area contributed by atoms with Crippen molar-refractivity contribution in [2.24, 2.45) is 11.5 Å². The van der Waals surface area contributed by atoms with E-state index < -0.39 is 0 Å². The first-order chi connectivity index (χ1) is 3.31. The number of hydrogen-bond donors (Lipinski definition) is 3. The summed E-state index contributed by atoms with van der Waals surface area (Å²) < 4.78 is 4.84. The molecule has 8 heavy (non-hydrogen) atoms. The molecule has 52 valence electrons. The van der Waals surface area contributed by atoms with Crippen LogP contribution in [0.15, 0.2) is 0 Å². The third-order valence-electron chi connectivity index (χ3n) is 0.613. The molecule has 0 radical (unpaired) electrons. The lowest BCUT2D eigenvalue weighted by molar-refractivity contribution is 0.0740. The molecule has 0 fully saturated rings. The van der Waals surface area contributed by atoms with Crippen LogP contribution in [-0.2, 0) is 4.74 Å². The van der Waals surface area contributed by atoms with Crippen LogP contribution in [0, 0.1) is 0 Å². The fraction of sp³-hybridized carbons (Fsp3) is 1.00. The van der Waals surface area contributed by atoms with Crippen LogP contribution in [0.25, 0.3) is 0 Å². The molecule has 0 saturated carbocycles. The molecule has 1 unspecified atom stereocenters. The summed E-state index contributed by atoms with van der Waals surface area (Å²) in [4.78, 5) is 0. The molecule has 1 atom stereocenters. The van der Waals surface area contributed by atoms with Crippen LogP contribution in [0.1, 0.15) is 6.92 Å². The van der Waals surface area contributed by atoms with E-state index in [1.54, 1.807) is 0 Å². The molecule has 4 heteroatoms. The Morgan fingerprint density at radius 1 is 1.62 bits per heavy atom. The van der Waals surface area contributed by atoms with Gasteiger partial charge in [0.25, 0.3) is 0 Å². The first-order valence-corrected chi connectivity index (χ1v) is 2.38. The minimum Gasteiger partial charge on any atom is -0.363 e. The highest BCUT2D eigenvalue weighted by Crippen LogP contribution is 1.74. The highest BCUT2D eigenvalue weighted by atomic mass is 16.5. The summed E-state index contributed by atoms with van der Waals surface area (Å²) in [6.07, 6.45) is -0.273. The van der Waals surface area contributed by atoms with Crippen LogP contribution < -0.4 is 17.6 Å². The van der Waals surface area contributed by atoms with Gasteiger partial charge in [0.05, 0.1) is 0 Å². The van der Waals surface area contributed by atoms with Gasteiger partial charge in [0, 0.05) is 13.2 Å². The summed E-state index contributed by atoms with van der Waals surface area (Å²) in [7, 11) is 0. The molecule has 0 aliphatic carbocycles. The standard InChI is InChI=1S/C4H12N2O.H3N/c1-2-7-4(6)3-5;/h4H,2-3,5-6H2,1H3;1H3. The van der Waals surface area contributed by atoms with E-state index in [1.807, 2.05) is 6.92 Å². The van der Waals surface area contributed by atoms with Gasteiger partial charge in [0.1, 0.15) is 6.23 Å². The number of nitrogens with two attached hydrogens (primary N) is 2. The molecule has 0 aromatic heterocycles. The molecule has 0 saturated heterocycles. The van der Waals surface area contributed by atoms with Gasteiger partial charge >= 0.3 is 0 Å². The third kappa shape index (κ3) is 5.84. The molecule has 0 bridgehead atoms. The summed E-state index contributed by atoms with van der Waals surface area (Å²) in [5.74, 6) is 0. The molecule has 4 nitrogen and oxygen atoms in total. The molecule has 0 aromatic carbocycles. The topological polar surface area (TPSA) is 96.3 Å². The van der Waals surface area contributed by atoms with Crippen LogP contribution >= 0.6 is 0 Å². The van der Waals surface area contributed by atoms with Gasteiger partial charge in [-0.1, -0.05) is 0 Å². The maximum atomic E-state index is 5.24. The second-order valence-electron chi connectivity index (χ2n) is 1.23. The van der Waals surface area contributed by atoms with Crippen LogP contribution in [0.2, 0.25) is 0 Å². The maximum Gasteiger partial charge on any atom is 0.117 e. The van der Waals surface area contributed by atoms with E-state index in [-0.39, 0.29) is 12.4 Å². The second kappa shape index (κ2) is 6.84. The van der Waals surface area contributed by atoms with Crippen molar-refractivity contribution < 1.29 is 4.74 Å². The van der Waals surface area contributed by atoms with E-state index in [0.717, 1.165) is 0 Å². The quantitative estimate of drug-likeness (QED) is 0.435. The molecule has 0 spiro atoms. The van der Waals surface area contributed by atoms with Gasteiger partial charge in [0.15, 0.2) is 0 Å². The lowest BCUT2D eigenvalue weighted by Crippen LogP contribution is -2.32. The van der Waals surface area contributed by atoms with Gasteiger partial charge in [-0.2, -0.15) is 0 Å². The first-order valence-electron chi connectivity index (χ1n) is 2.38. The van der Waals surface area contributed by atoms with Gasteiger partial charge in [-0.05, 0) is 6.92 Å². The van der Waals surface area contributed by atoms with Gasteiger partial charge in [0.2, 0.25) is 0 Å². The lowest BCUT2D eigenvalue weighted by Gasteiger charge is -2.05. The third-order valence-corrected chi connectivity index (χ3v) is 0.613. The van der Waals surface area contributed by atoms with E-state index in [9.17, 15) is 0 Å². The second-order valence-corrected chi connectivity index (χ2v) is 1.23. The minimum absolute atomic E-state index is 0. The number of hydrogen-bond acceptors (Lipinski definition) is 4. The SMILES string of the molecule is CCOC(N)CN.N. The normalized spacial score (nSPS) is 12.4. The Morgan fingerprint density at radius 3 is 2.25 bits per heavy atom. The lowest BCUT2D eigenvalue weighted by atomic mass is 10.6. The summed E-state index contributed by atoms with van der Waals surface area (Å²) in [6.45, 7) is 2.92. The molecule has 0 amide bonds. The molecule has 7 N–H and O–H groups in total. The summed E-state index contributed by atoms with van der Waals surface area (Å²) in [5.41, 5.74) is 10.3. The van der Waals surface area contributed by atoms with Gasteiger partial charge < -0.3 is 22.4 Å². The monoisotopic (exact) mass is 121 g/mol. The summed E-state index contributed by atoms with van der Waals surface area (Å²) in [5, 5.41) is 0. The van der Waals surface area contributed by atoms with Gasteiger partial charge in [-0.15, -0.1) is 0 Å². The van der Waals surface area contributed by atoms with E-state index in [1.165, 1.54) is 0 Å². The summed E-state index contributed by atoms with van der Waals surface area (Å²) in [6, 6.07) is 0. The van der Waals surface area contributed by atoms with Crippen molar-refractivity contribution in [3.05, 3.63) is 0 Å². The zero-order valence-electron chi connectivity index (χ0n) is 5.26. The molecule has 0 rings (SSSR count). The van der Waals surface area contributed by atoms with Crippen molar-refractivity contribution in [1.82, 2.24) is 6.15 Å². The van der Waals surface area contributed by atoms with Crippen molar-refractivity contribution in [3.8, 4) is 0 Å². The van der Waals surface area contributed by atoms with Crippen molar-refractivity contribution in [2.75, 3.05) is 13.2 Å². The predicted octanol–water partition coefficient (Wildman–Crippen LogP) is -0.572. The van der Waals surface area contributed by atoms with Gasteiger partial charge in [-0.3, -0.25) is 0 Å². The Bertz CT molecular complexity index is 42.3. The Morgan fingerprint density at radius 2 is 2.12 bits per heavy atom. The fourth-order valence-corrected chi connectivity index (χ4v) is 0.282. The average Bonchev–Trinajstić information content (AvgIpc) is 1.68. The highest BCUT2D eigenvalue weighted by molar-refractivity contribution is 4.43. The predicted molar refractivity (Wildman–Crippen MR) is 33.7 cm³/mol. The van der Waals surface area contributed by atoms with E-state index in [2.05, 4.69) is 0 Å². The Labute approximate surface area is 49.8 Å². The van der Waals surface area contributed by atoms with E-state index in [0.29, 0.717) is 13.2 Å². The Kier molecular flexibility index (Phi) is 9.20. The zero-order valence-corrected chi connectivity index (χ0v) is 5.26. The van der Waals surface area contributed by atoms with Gasteiger partial charge in [-0.25, -0.2) is 0 Å². The first kappa shape index (κ1) is 10.8. The van der Waals surface area contributed by atoms with E-state index >= 15 is 0 Å². The van der Waals surface area contributed by atoms with Crippen molar-refractivity contribution in [3.63, 3.8) is 0 Å². The largest absolute Gasteiger partial charge is 0.363 e. The minimum atomic E-state index is -0.273. The maximum absolute atomic E-state index is 5.24. The number of ether oxygens (including phenoxy) is 1. The van der Waals surface area contributed by atoms with Crippen molar-refractivity contribution in [2.45, 2.75) is 13.2 Å². The van der Waals surface area contributed by atoms with Crippen molar-refractivity contribution >= 4 is 0 Å². The van der Waals surface area contributed by atoms with Crippen molar-refractivity contribution in [1.29, 1.82) is 0 Å². The molecule has 0 aliphatic rings. The molecule has 0 aromatic rings. The molecule has 0 aliphatic heterocycles. The molecular formula is C4H15N3O.